The van der Waals surface area contributed by atoms with Gasteiger partial charge in [-0.25, -0.2) is 0 Å². The molecule has 23 heavy (non-hydrogen) atoms. The molecule has 124 valence electrons. The zero-order valence-electron chi connectivity index (χ0n) is 14.0. The van der Waals surface area contributed by atoms with E-state index in [-0.39, 0.29) is 0 Å². The molecule has 2 heterocycles. The number of benzene rings is 1. The van der Waals surface area contributed by atoms with Gasteiger partial charge in [0.2, 0.25) is 0 Å². The predicted octanol–water partition coefficient (Wildman–Crippen LogP) is 2.31. The molecule has 0 aromatic heterocycles. The fourth-order valence-corrected chi connectivity index (χ4v) is 4.12. The molecule has 3 unspecified atom stereocenters. The van der Waals surface area contributed by atoms with E-state index in [4.69, 9.17) is 4.74 Å². The van der Waals surface area contributed by atoms with Crippen molar-refractivity contribution < 1.29 is 4.74 Å². The average molecular weight is 313 g/mol. The Balaban J connectivity index is 1.30. The first-order valence-corrected chi connectivity index (χ1v) is 8.88. The second-order valence-electron chi connectivity index (χ2n) is 7.46. The van der Waals surface area contributed by atoms with E-state index in [2.05, 4.69) is 45.5 Å². The zero-order valence-corrected chi connectivity index (χ0v) is 14.0. The average Bonchev–Trinajstić information content (AvgIpc) is 2.99. The summed E-state index contributed by atoms with van der Waals surface area (Å²) in [7, 11) is 1.91. The van der Waals surface area contributed by atoms with E-state index in [1.807, 2.05) is 7.05 Å². The molecule has 1 aromatic rings. The third-order valence-electron chi connectivity index (χ3n) is 5.71. The van der Waals surface area contributed by atoms with Gasteiger partial charge in [0, 0.05) is 38.2 Å². The van der Waals surface area contributed by atoms with Crippen molar-refractivity contribution in [3.8, 4) is 0 Å². The molecule has 0 amide bonds. The fourth-order valence-electron chi connectivity index (χ4n) is 4.12. The summed E-state index contributed by atoms with van der Waals surface area (Å²) in [5, 5.41) is 3.69. The molecule has 4 rings (SSSR count). The Bertz CT molecular complexity index is 565. The number of likely N-dealkylation sites (tertiary alicyclic amines) is 1. The number of hydrogen-bond acceptors (Lipinski definition) is 2. The van der Waals surface area contributed by atoms with Crippen molar-refractivity contribution >= 4 is 5.96 Å². The largest absolute Gasteiger partial charge is 0.381 e. The summed E-state index contributed by atoms with van der Waals surface area (Å²) in [4.78, 5) is 6.97. The van der Waals surface area contributed by atoms with Crippen LogP contribution in [-0.4, -0.2) is 50.3 Å². The lowest BCUT2D eigenvalue weighted by molar-refractivity contribution is 0.156. The van der Waals surface area contributed by atoms with Crippen molar-refractivity contribution in [3.63, 3.8) is 0 Å². The van der Waals surface area contributed by atoms with Gasteiger partial charge in [-0.05, 0) is 37.2 Å². The third kappa shape index (κ3) is 3.23. The Hall–Kier alpha value is -1.55. The number of nitrogens with zero attached hydrogens (tertiary/aromatic N) is 2. The molecule has 1 saturated carbocycles. The molecule has 1 aromatic carbocycles. The van der Waals surface area contributed by atoms with E-state index in [0.717, 1.165) is 38.2 Å². The maximum Gasteiger partial charge on any atom is 0.193 e. The topological polar surface area (TPSA) is 36.9 Å². The Kier molecular flexibility index (Phi) is 4.02. The monoisotopic (exact) mass is 313 g/mol. The minimum atomic E-state index is 0.393. The maximum absolute atomic E-state index is 5.63. The molecular weight excluding hydrogens is 286 g/mol. The highest BCUT2D eigenvalue weighted by atomic mass is 16.5. The Morgan fingerprint density at radius 3 is 2.96 bits per heavy atom. The van der Waals surface area contributed by atoms with E-state index in [1.54, 1.807) is 0 Å². The Morgan fingerprint density at radius 1 is 1.35 bits per heavy atom. The first-order valence-electron chi connectivity index (χ1n) is 8.88. The molecule has 2 aliphatic heterocycles. The molecule has 1 spiro atoms. The Labute approximate surface area is 138 Å². The molecule has 3 fully saturated rings. The van der Waals surface area contributed by atoms with Crippen molar-refractivity contribution in [2.24, 2.45) is 16.3 Å². The van der Waals surface area contributed by atoms with E-state index in [9.17, 15) is 0 Å². The molecule has 4 heteroatoms. The van der Waals surface area contributed by atoms with Crippen molar-refractivity contribution in [3.05, 3.63) is 35.9 Å². The first-order chi connectivity index (χ1) is 11.3. The molecular formula is C19H27N3O. The molecule has 2 saturated heterocycles. The highest BCUT2D eigenvalue weighted by Gasteiger charge is 2.44. The molecule has 1 aliphatic carbocycles. The van der Waals surface area contributed by atoms with Gasteiger partial charge in [-0.1, -0.05) is 30.3 Å². The minimum Gasteiger partial charge on any atom is -0.381 e. The van der Waals surface area contributed by atoms with Gasteiger partial charge >= 0.3 is 0 Å². The zero-order chi connectivity index (χ0) is 15.7. The molecule has 4 nitrogen and oxygen atoms in total. The standard InChI is InChI=1S/C19H27N3O/c1-20-18(22-9-7-19(13-22)8-10-23-14-19)21-17-12-16(17)11-15-5-3-2-4-6-15/h2-6,16-17H,7-14H2,1H3,(H,20,21). The van der Waals surface area contributed by atoms with Crippen LogP contribution < -0.4 is 5.32 Å². The summed E-state index contributed by atoms with van der Waals surface area (Å²) in [5.74, 6) is 1.84. The lowest BCUT2D eigenvalue weighted by Crippen LogP contribution is -2.42. The van der Waals surface area contributed by atoms with Crippen molar-refractivity contribution in [2.45, 2.75) is 31.7 Å². The molecule has 0 radical (unpaired) electrons. The van der Waals surface area contributed by atoms with Gasteiger partial charge in [0.15, 0.2) is 5.96 Å². The van der Waals surface area contributed by atoms with Gasteiger partial charge in [0.05, 0.1) is 6.61 Å². The van der Waals surface area contributed by atoms with Gasteiger partial charge in [-0.15, -0.1) is 0 Å². The quantitative estimate of drug-likeness (QED) is 0.687. The smallest absolute Gasteiger partial charge is 0.193 e. The summed E-state index contributed by atoms with van der Waals surface area (Å²) in [6.07, 6.45) is 4.88. The van der Waals surface area contributed by atoms with Gasteiger partial charge in [-0.3, -0.25) is 4.99 Å². The fraction of sp³-hybridized carbons (Fsp3) is 0.632. The lowest BCUT2D eigenvalue weighted by atomic mass is 9.87. The van der Waals surface area contributed by atoms with Crippen LogP contribution in [0.1, 0.15) is 24.8 Å². The predicted molar refractivity (Wildman–Crippen MR) is 92.6 cm³/mol. The van der Waals surface area contributed by atoms with Gasteiger partial charge in [-0.2, -0.15) is 0 Å². The first kappa shape index (κ1) is 15.0. The summed E-state index contributed by atoms with van der Waals surface area (Å²) < 4.78 is 5.63. The van der Waals surface area contributed by atoms with Crippen LogP contribution in [0.25, 0.3) is 0 Å². The highest BCUT2D eigenvalue weighted by molar-refractivity contribution is 5.81. The molecule has 1 N–H and O–H groups in total. The summed E-state index contributed by atoms with van der Waals surface area (Å²) in [6, 6.07) is 11.4. The second kappa shape index (κ2) is 6.16. The summed E-state index contributed by atoms with van der Waals surface area (Å²) in [6.45, 7) is 4.07. The number of ether oxygens (including phenoxy) is 1. The van der Waals surface area contributed by atoms with Crippen LogP contribution in [0.3, 0.4) is 0 Å². The molecule has 0 bridgehead atoms. The van der Waals surface area contributed by atoms with Crippen LogP contribution in [0.5, 0.6) is 0 Å². The second-order valence-corrected chi connectivity index (χ2v) is 7.46. The van der Waals surface area contributed by atoms with Crippen LogP contribution in [0, 0.1) is 11.3 Å². The number of rotatable bonds is 3. The number of guanidine groups is 1. The van der Waals surface area contributed by atoms with Crippen LogP contribution in [-0.2, 0) is 11.2 Å². The molecule has 3 aliphatic rings. The Morgan fingerprint density at radius 2 is 2.22 bits per heavy atom. The summed E-state index contributed by atoms with van der Waals surface area (Å²) in [5.41, 5.74) is 1.84. The minimum absolute atomic E-state index is 0.393. The highest BCUT2D eigenvalue weighted by Crippen LogP contribution is 2.39. The molecule has 3 atom stereocenters. The van der Waals surface area contributed by atoms with Crippen LogP contribution >= 0.6 is 0 Å². The van der Waals surface area contributed by atoms with E-state index >= 15 is 0 Å². The van der Waals surface area contributed by atoms with Crippen LogP contribution in [0.15, 0.2) is 35.3 Å². The number of nitrogens with one attached hydrogen (secondary N) is 1. The van der Waals surface area contributed by atoms with E-state index in [0.29, 0.717) is 11.5 Å². The SMILES string of the molecule is CN=C(NC1CC1Cc1ccccc1)N1CCC2(CCOC2)C1. The van der Waals surface area contributed by atoms with Crippen molar-refractivity contribution in [2.75, 3.05) is 33.4 Å². The number of hydrogen-bond donors (Lipinski definition) is 1. The van der Waals surface area contributed by atoms with Crippen LogP contribution in [0.4, 0.5) is 0 Å². The van der Waals surface area contributed by atoms with E-state index < -0.39 is 0 Å². The van der Waals surface area contributed by atoms with Crippen LogP contribution in [0.2, 0.25) is 0 Å². The van der Waals surface area contributed by atoms with Gasteiger partial charge in [0.1, 0.15) is 0 Å². The maximum atomic E-state index is 5.63. The van der Waals surface area contributed by atoms with Gasteiger partial charge in [0.25, 0.3) is 0 Å². The van der Waals surface area contributed by atoms with Crippen molar-refractivity contribution in [1.29, 1.82) is 0 Å². The lowest BCUT2D eigenvalue weighted by Gasteiger charge is -2.25. The summed E-state index contributed by atoms with van der Waals surface area (Å²) >= 11 is 0. The van der Waals surface area contributed by atoms with Crippen molar-refractivity contribution in [1.82, 2.24) is 10.2 Å². The third-order valence-corrected chi connectivity index (χ3v) is 5.71. The normalized spacial score (nSPS) is 33.4. The number of aliphatic imine (C=N–C) groups is 1. The van der Waals surface area contributed by atoms with Gasteiger partial charge < -0.3 is 15.0 Å². The van der Waals surface area contributed by atoms with E-state index in [1.165, 1.54) is 31.2 Å².